The van der Waals surface area contributed by atoms with Crippen molar-refractivity contribution >= 4 is 17.7 Å². The molecule has 0 bridgehead atoms. The SMILES string of the molecule is CN1c2ccccc2C(c2ccccc2F)=NC(N)C1C=O. The first-order valence-corrected chi connectivity index (χ1v) is 6.99. The summed E-state index contributed by atoms with van der Waals surface area (Å²) in [5.74, 6) is -0.365. The van der Waals surface area contributed by atoms with Crippen LogP contribution in [-0.2, 0) is 4.79 Å². The molecule has 2 N–H and O–H groups in total. The van der Waals surface area contributed by atoms with Crippen LogP contribution in [0.5, 0.6) is 0 Å². The van der Waals surface area contributed by atoms with Crippen molar-refractivity contribution in [1.29, 1.82) is 0 Å². The Labute approximate surface area is 128 Å². The van der Waals surface area contributed by atoms with Gasteiger partial charge >= 0.3 is 0 Å². The average Bonchev–Trinajstić information content (AvgIpc) is 2.63. The van der Waals surface area contributed by atoms with Gasteiger partial charge in [0, 0.05) is 23.9 Å². The highest BCUT2D eigenvalue weighted by molar-refractivity contribution is 6.16. The third-order valence-electron chi connectivity index (χ3n) is 3.88. The summed E-state index contributed by atoms with van der Waals surface area (Å²) in [6.07, 6.45) is 0.0133. The fraction of sp³-hybridized carbons (Fsp3) is 0.176. The molecule has 22 heavy (non-hydrogen) atoms. The second-order valence-corrected chi connectivity index (χ2v) is 5.20. The Morgan fingerprint density at radius 2 is 1.77 bits per heavy atom. The molecule has 0 saturated heterocycles. The topological polar surface area (TPSA) is 58.7 Å². The van der Waals surface area contributed by atoms with Crippen LogP contribution in [0, 0.1) is 5.82 Å². The maximum atomic E-state index is 14.2. The molecule has 1 heterocycles. The molecule has 1 aliphatic rings. The number of halogens is 1. The van der Waals surface area contributed by atoms with Crippen molar-refractivity contribution in [3.63, 3.8) is 0 Å². The van der Waals surface area contributed by atoms with Crippen LogP contribution in [0.1, 0.15) is 11.1 Å². The number of rotatable bonds is 2. The van der Waals surface area contributed by atoms with Crippen molar-refractivity contribution < 1.29 is 9.18 Å². The number of aliphatic imine (C=N–C) groups is 1. The Morgan fingerprint density at radius 1 is 1.14 bits per heavy atom. The second kappa shape index (κ2) is 5.69. The molecule has 0 radical (unpaired) electrons. The first-order valence-electron chi connectivity index (χ1n) is 6.99. The quantitative estimate of drug-likeness (QED) is 0.862. The third-order valence-corrected chi connectivity index (χ3v) is 3.88. The summed E-state index contributed by atoms with van der Waals surface area (Å²) in [7, 11) is 1.79. The van der Waals surface area contributed by atoms with Gasteiger partial charge in [0.1, 0.15) is 24.3 Å². The molecule has 2 aromatic rings. The van der Waals surface area contributed by atoms with E-state index in [1.165, 1.54) is 6.07 Å². The van der Waals surface area contributed by atoms with Crippen molar-refractivity contribution in [3.05, 3.63) is 65.5 Å². The molecular formula is C17H16FN3O. The maximum Gasteiger partial charge on any atom is 0.145 e. The summed E-state index contributed by atoms with van der Waals surface area (Å²) in [5.41, 5.74) is 8.46. The van der Waals surface area contributed by atoms with Gasteiger partial charge in [0.05, 0.1) is 5.71 Å². The predicted molar refractivity (Wildman–Crippen MR) is 84.7 cm³/mol. The van der Waals surface area contributed by atoms with E-state index in [9.17, 15) is 9.18 Å². The number of benzodiazepines with no additional fused rings is 1. The van der Waals surface area contributed by atoms with Crippen LogP contribution in [0.2, 0.25) is 0 Å². The normalized spacial score (nSPS) is 20.9. The lowest BCUT2D eigenvalue weighted by molar-refractivity contribution is -0.109. The Morgan fingerprint density at radius 3 is 2.45 bits per heavy atom. The van der Waals surface area contributed by atoms with E-state index in [-0.39, 0.29) is 5.82 Å². The molecule has 1 aliphatic heterocycles. The molecule has 2 aromatic carbocycles. The van der Waals surface area contributed by atoms with E-state index in [2.05, 4.69) is 4.99 Å². The number of nitrogens with two attached hydrogens (primary N) is 1. The number of aldehydes is 1. The fourth-order valence-electron chi connectivity index (χ4n) is 2.71. The summed E-state index contributed by atoms with van der Waals surface area (Å²) in [5, 5.41) is 0. The van der Waals surface area contributed by atoms with Crippen LogP contribution in [0.25, 0.3) is 0 Å². The molecule has 5 heteroatoms. The monoisotopic (exact) mass is 297 g/mol. The number of fused-ring (bicyclic) bond motifs is 1. The molecule has 112 valence electrons. The van der Waals surface area contributed by atoms with Crippen molar-refractivity contribution in [2.45, 2.75) is 12.2 Å². The van der Waals surface area contributed by atoms with Crippen molar-refractivity contribution in [1.82, 2.24) is 0 Å². The molecule has 0 fully saturated rings. The van der Waals surface area contributed by atoms with Gasteiger partial charge in [-0.2, -0.15) is 0 Å². The van der Waals surface area contributed by atoms with Gasteiger partial charge in [-0.3, -0.25) is 4.99 Å². The van der Waals surface area contributed by atoms with E-state index < -0.39 is 12.2 Å². The standard InChI is InChI=1S/C17H16FN3O/c1-21-14-9-5-3-7-12(14)16(20-17(19)15(21)10-22)11-6-2-4-8-13(11)18/h2-10,15,17H,19H2,1H3. The van der Waals surface area contributed by atoms with E-state index in [1.54, 1.807) is 30.1 Å². The summed E-state index contributed by atoms with van der Waals surface area (Å²) in [6.45, 7) is 0. The van der Waals surface area contributed by atoms with Crippen LogP contribution >= 0.6 is 0 Å². The van der Waals surface area contributed by atoms with Gasteiger partial charge in [0.25, 0.3) is 0 Å². The summed E-state index contributed by atoms with van der Waals surface area (Å²) >= 11 is 0. The Kier molecular flexibility index (Phi) is 3.73. The number of hydrogen-bond donors (Lipinski definition) is 1. The lowest BCUT2D eigenvalue weighted by atomic mass is 10.00. The van der Waals surface area contributed by atoms with Gasteiger partial charge in [-0.05, 0) is 18.2 Å². The number of benzene rings is 2. The van der Waals surface area contributed by atoms with Gasteiger partial charge in [0.2, 0.25) is 0 Å². The number of anilines is 1. The smallest absolute Gasteiger partial charge is 0.145 e. The first kappa shape index (κ1) is 14.4. The molecular weight excluding hydrogens is 281 g/mol. The second-order valence-electron chi connectivity index (χ2n) is 5.20. The average molecular weight is 297 g/mol. The molecule has 2 atom stereocenters. The minimum absolute atomic E-state index is 0.365. The highest BCUT2D eigenvalue weighted by atomic mass is 19.1. The zero-order valence-corrected chi connectivity index (χ0v) is 12.1. The van der Waals surface area contributed by atoms with Gasteiger partial charge in [-0.25, -0.2) is 4.39 Å². The molecule has 4 nitrogen and oxygen atoms in total. The molecule has 0 spiro atoms. The van der Waals surface area contributed by atoms with Gasteiger partial charge in [-0.15, -0.1) is 0 Å². The number of carbonyl (C=O) groups excluding carboxylic acids is 1. The summed E-state index contributed by atoms with van der Waals surface area (Å²) in [6, 6.07) is 13.3. The molecule has 2 unspecified atom stereocenters. The number of hydrogen-bond acceptors (Lipinski definition) is 4. The Hall–Kier alpha value is -2.53. The molecule has 0 saturated carbocycles. The van der Waals surface area contributed by atoms with Crippen LogP contribution in [0.3, 0.4) is 0 Å². The number of nitrogens with zero attached hydrogens (tertiary/aromatic N) is 2. The lowest BCUT2D eigenvalue weighted by Gasteiger charge is -2.27. The minimum Gasteiger partial charge on any atom is -0.361 e. The first-order chi connectivity index (χ1) is 10.6. The number of para-hydroxylation sites is 1. The molecule has 0 amide bonds. The van der Waals surface area contributed by atoms with Gasteiger partial charge in [-0.1, -0.05) is 30.3 Å². The third kappa shape index (κ3) is 2.29. The molecule has 0 aromatic heterocycles. The van der Waals surface area contributed by atoms with E-state index in [0.29, 0.717) is 11.3 Å². The molecule has 3 rings (SSSR count). The van der Waals surface area contributed by atoms with E-state index in [0.717, 1.165) is 17.5 Å². The largest absolute Gasteiger partial charge is 0.361 e. The van der Waals surface area contributed by atoms with Crippen molar-refractivity contribution in [2.75, 3.05) is 11.9 Å². The fourth-order valence-corrected chi connectivity index (χ4v) is 2.71. The Balaban J connectivity index is 2.26. The van der Waals surface area contributed by atoms with Gasteiger partial charge in [0.15, 0.2) is 0 Å². The van der Waals surface area contributed by atoms with Crippen molar-refractivity contribution in [3.8, 4) is 0 Å². The lowest BCUT2D eigenvalue weighted by Crippen LogP contribution is -2.45. The summed E-state index contributed by atoms with van der Waals surface area (Å²) < 4.78 is 14.2. The highest BCUT2D eigenvalue weighted by Gasteiger charge is 2.29. The summed E-state index contributed by atoms with van der Waals surface area (Å²) in [4.78, 5) is 17.6. The van der Waals surface area contributed by atoms with Gasteiger partial charge < -0.3 is 15.4 Å². The van der Waals surface area contributed by atoms with E-state index in [4.69, 9.17) is 5.73 Å². The zero-order chi connectivity index (χ0) is 15.7. The van der Waals surface area contributed by atoms with Crippen molar-refractivity contribution in [2.24, 2.45) is 10.7 Å². The molecule has 0 aliphatic carbocycles. The predicted octanol–water partition coefficient (Wildman–Crippen LogP) is 1.97. The number of likely N-dealkylation sites (N-methyl/N-ethyl adjacent to an activating group) is 1. The van der Waals surface area contributed by atoms with Crippen LogP contribution in [-0.4, -0.2) is 31.3 Å². The maximum absolute atomic E-state index is 14.2. The van der Waals surface area contributed by atoms with E-state index >= 15 is 0 Å². The Bertz CT molecular complexity index is 744. The van der Waals surface area contributed by atoms with E-state index in [1.807, 2.05) is 24.3 Å². The van der Waals surface area contributed by atoms with Crippen LogP contribution < -0.4 is 10.6 Å². The van der Waals surface area contributed by atoms with Crippen LogP contribution in [0.4, 0.5) is 10.1 Å². The number of carbonyl (C=O) groups is 1. The van der Waals surface area contributed by atoms with Crippen LogP contribution in [0.15, 0.2) is 53.5 Å². The highest BCUT2D eigenvalue weighted by Crippen LogP contribution is 2.28. The zero-order valence-electron chi connectivity index (χ0n) is 12.1. The minimum atomic E-state index is -0.760.